The van der Waals surface area contributed by atoms with Crippen molar-refractivity contribution in [1.82, 2.24) is 0 Å². The molecule has 15 heavy (non-hydrogen) atoms. The molecule has 2 saturated carbocycles. The lowest BCUT2D eigenvalue weighted by molar-refractivity contribution is -0.0482. The maximum Gasteiger partial charge on any atom is -0.0241 e. The number of hydrogen-bond acceptors (Lipinski definition) is 0. The van der Waals surface area contributed by atoms with E-state index in [-0.39, 0.29) is 0 Å². The van der Waals surface area contributed by atoms with Crippen LogP contribution in [0.1, 0.15) is 66.7 Å². The van der Waals surface area contributed by atoms with Crippen molar-refractivity contribution in [2.24, 2.45) is 28.6 Å². The summed E-state index contributed by atoms with van der Waals surface area (Å²) in [4.78, 5) is 0. The van der Waals surface area contributed by atoms with Crippen molar-refractivity contribution in [3.05, 3.63) is 0 Å². The van der Waals surface area contributed by atoms with Crippen LogP contribution < -0.4 is 0 Å². The Morgan fingerprint density at radius 1 is 1.00 bits per heavy atom. The summed E-state index contributed by atoms with van der Waals surface area (Å²) in [5.41, 5.74) is 1.29. The van der Waals surface area contributed by atoms with Gasteiger partial charge in [-0.25, -0.2) is 0 Å². The Labute approximate surface area is 95.8 Å². The maximum absolute atomic E-state index is 2.53. The minimum absolute atomic E-state index is 0.582. The predicted octanol–water partition coefficient (Wildman–Crippen LogP) is 4.89. The molecule has 0 saturated heterocycles. The van der Waals surface area contributed by atoms with Gasteiger partial charge in [0.05, 0.1) is 0 Å². The highest BCUT2D eigenvalue weighted by Gasteiger charge is 2.56. The zero-order valence-electron chi connectivity index (χ0n) is 11.3. The third kappa shape index (κ3) is 1.40. The highest BCUT2D eigenvalue weighted by atomic mass is 14.6. The molecular formula is C15H28. The van der Waals surface area contributed by atoms with Crippen molar-refractivity contribution in [1.29, 1.82) is 0 Å². The standard InChI is InChI=1S/C15H28/c1-6-15-10-9-11(2)14(4,5)13(15)8-7-12(15)3/h11-13H,6-10H2,1-5H3/t11-,12-,13?,15+/m1/s1. The van der Waals surface area contributed by atoms with Gasteiger partial charge in [0.2, 0.25) is 0 Å². The SMILES string of the molecule is CC[C@@]12CC[C@@H](C)C(C)(C)C1CC[C@H]2C. The van der Waals surface area contributed by atoms with Gasteiger partial charge in [0.15, 0.2) is 0 Å². The molecule has 0 aromatic carbocycles. The van der Waals surface area contributed by atoms with E-state index in [4.69, 9.17) is 0 Å². The largest absolute Gasteiger partial charge is 0.0648 e. The molecule has 0 bridgehead atoms. The highest BCUT2D eigenvalue weighted by Crippen LogP contribution is 2.64. The van der Waals surface area contributed by atoms with Gasteiger partial charge in [-0.1, -0.05) is 34.6 Å². The third-order valence-electron chi connectivity index (χ3n) is 6.43. The highest BCUT2D eigenvalue weighted by molar-refractivity contribution is 5.05. The minimum atomic E-state index is 0.582. The number of fused-ring (bicyclic) bond motifs is 1. The summed E-state index contributed by atoms with van der Waals surface area (Å²) in [6, 6.07) is 0. The second-order valence-corrected chi connectivity index (χ2v) is 6.88. The molecule has 0 heteroatoms. The molecule has 88 valence electrons. The Kier molecular flexibility index (Phi) is 2.68. The Balaban J connectivity index is 2.34. The monoisotopic (exact) mass is 208 g/mol. The fraction of sp³-hybridized carbons (Fsp3) is 1.00. The minimum Gasteiger partial charge on any atom is -0.0648 e. The van der Waals surface area contributed by atoms with Crippen LogP contribution in [-0.2, 0) is 0 Å². The Bertz CT molecular complexity index is 240. The lowest BCUT2D eigenvalue weighted by Gasteiger charge is -2.54. The molecule has 0 N–H and O–H groups in total. The van der Waals surface area contributed by atoms with E-state index in [2.05, 4.69) is 34.6 Å². The smallest absolute Gasteiger partial charge is 0.0241 e. The van der Waals surface area contributed by atoms with Gasteiger partial charge in [-0.3, -0.25) is 0 Å². The van der Waals surface area contributed by atoms with Gasteiger partial charge in [-0.15, -0.1) is 0 Å². The van der Waals surface area contributed by atoms with Crippen LogP contribution in [0.3, 0.4) is 0 Å². The number of rotatable bonds is 1. The fourth-order valence-corrected chi connectivity index (χ4v) is 4.84. The molecule has 0 nitrogen and oxygen atoms in total. The Morgan fingerprint density at radius 2 is 1.67 bits per heavy atom. The van der Waals surface area contributed by atoms with Crippen molar-refractivity contribution in [2.45, 2.75) is 66.7 Å². The zero-order valence-corrected chi connectivity index (χ0v) is 11.3. The summed E-state index contributed by atoms with van der Waals surface area (Å²) in [7, 11) is 0. The van der Waals surface area contributed by atoms with Crippen LogP contribution in [0.5, 0.6) is 0 Å². The van der Waals surface area contributed by atoms with E-state index >= 15 is 0 Å². The van der Waals surface area contributed by atoms with Gasteiger partial charge in [0.25, 0.3) is 0 Å². The Hall–Kier alpha value is 0. The second-order valence-electron chi connectivity index (χ2n) is 6.88. The van der Waals surface area contributed by atoms with Crippen LogP contribution in [0, 0.1) is 28.6 Å². The molecule has 4 atom stereocenters. The van der Waals surface area contributed by atoms with E-state index in [0.717, 1.165) is 17.8 Å². The van der Waals surface area contributed by atoms with E-state index in [0.29, 0.717) is 10.8 Å². The fourth-order valence-electron chi connectivity index (χ4n) is 4.84. The Morgan fingerprint density at radius 3 is 2.27 bits per heavy atom. The van der Waals surface area contributed by atoms with E-state index in [1.807, 2.05) is 0 Å². The molecule has 2 fully saturated rings. The molecule has 0 aromatic rings. The van der Waals surface area contributed by atoms with Crippen molar-refractivity contribution in [3.63, 3.8) is 0 Å². The maximum atomic E-state index is 2.53. The summed E-state index contributed by atoms with van der Waals surface area (Å²) in [5, 5.41) is 0. The molecule has 0 aliphatic heterocycles. The molecule has 0 heterocycles. The first-order valence-electron chi connectivity index (χ1n) is 6.95. The molecule has 0 aromatic heterocycles. The molecule has 2 rings (SSSR count). The molecule has 0 radical (unpaired) electrons. The van der Waals surface area contributed by atoms with Crippen molar-refractivity contribution >= 4 is 0 Å². The van der Waals surface area contributed by atoms with E-state index in [1.165, 1.54) is 32.1 Å². The second kappa shape index (κ2) is 3.50. The van der Waals surface area contributed by atoms with Crippen LogP contribution >= 0.6 is 0 Å². The van der Waals surface area contributed by atoms with Crippen LogP contribution in [0.2, 0.25) is 0 Å². The lowest BCUT2D eigenvalue weighted by Crippen LogP contribution is -2.46. The number of hydrogen-bond donors (Lipinski definition) is 0. The van der Waals surface area contributed by atoms with Crippen molar-refractivity contribution < 1.29 is 0 Å². The molecule has 1 unspecified atom stereocenters. The van der Waals surface area contributed by atoms with Gasteiger partial charge < -0.3 is 0 Å². The first-order valence-corrected chi connectivity index (χ1v) is 6.95. The summed E-state index contributed by atoms with van der Waals surface area (Å²) in [6.45, 7) is 12.5. The van der Waals surface area contributed by atoms with Crippen molar-refractivity contribution in [2.75, 3.05) is 0 Å². The van der Waals surface area contributed by atoms with Crippen LogP contribution in [-0.4, -0.2) is 0 Å². The average Bonchev–Trinajstić information content (AvgIpc) is 2.52. The zero-order chi connectivity index (χ0) is 11.3. The van der Waals surface area contributed by atoms with Gasteiger partial charge in [-0.2, -0.15) is 0 Å². The van der Waals surface area contributed by atoms with E-state index in [1.54, 1.807) is 0 Å². The van der Waals surface area contributed by atoms with Gasteiger partial charge >= 0.3 is 0 Å². The van der Waals surface area contributed by atoms with E-state index < -0.39 is 0 Å². The summed E-state index contributed by atoms with van der Waals surface area (Å²) < 4.78 is 0. The van der Waals surface area contributed by atoms with Crippen LogP contribution in [0.15, 0.2) is 0 Å². The topological polar surface area (TPSA) is 0 Å². The van der Waals surface area contributed by atoms with Crippen molar-refractivity contribution in [3.8, 4) is 0 Å². The van der Waals surface area contributed by atoms with E-state index in [9.17, 15) is 0 Å². The predicted molar refractivity (Wildman–Crippen MR) is 66.8 cm³/mol. The van der Waals surface area contributed by atoms with Crippen LogP contribution in [0.4, 0.5) is 0 Å². The first-order chi connectivity index (χ1) is 6.95. The quantitative estimate of drug-likeness (QED) is 0.576. The third-order valence-corrected chi connectivity index (χ3v) is 6.43. The normalized spacial score (nSPS) is 49.0. The summed E-state index contributed by atoms with van der Waals surface area (Å²) in [6.07, 6.45) is 7.34. The summed E-state index contributed by atoms with van der Waals surface area (Å²) in [5.74, 6) is 2.89. The van der Waals surface area contributed by atoms with Crippen LogP contribution in [0.25, 0.3) is 0 Å². The molecule has 0 amide bonds. The summed E-state index contributed by atoms with van der Waals surface area (Å²) >= 11 is 0. The first kappa shape index (κ1) is 11.5. The van der Waals surface area contributed by atoms with Gasteiger partial charge in [0, 0.05) is 0 Å². The molecule has 0 spiro atoms. The van der Waals surface area contributed by atoms with Gasteiger partial charge in [-0.05, 0) is 60.7 Å². The van der Waals surface area contributed by atoms with Gasteiger partial charge in [0.1, 0.15) is 0 Å². The molecule has 2 aliphatic rings. The lowest BCUT2D eigenvalue weighted by atomic mass is 9.51. The molecular weight excluding hydrogens is 180 g/mol. The average molecular weight is 208 g/mol. The molecule has 2 aliphatic carbocycles.